The van der Waals surface area contributed by atoms with Gasteiger partial charge in [0.25, 0.3) is 0 Å². The maximum atomic E-state index is 13.6. The van der Waals surface area contributed by atoms with Crippen LogP contribution in [0.25, 0.3) is 0 Å². The van der Waals surface area contributed by atoms with E-state index in [0.29, 0.717) is 17.2 Å². The second-order valence-electron chi connectivity index (χ2n) is 3.83. The molecule has 0 aromatic heterocycles. The topological polar surface area (TPSA) is 33.0 Å². The molecule has 78 valence electrons. The van der Waals surface area contributed by atoms with Crippen LogP contribution in [0.5, 0.6) is 5.75 Å². The summed E-state index contributed by atoms with van der Waals surface area (Å²) >= 11 is 0. The van der Waals surface area contributed by atoms with Crippen molar-refractivity contribution in [3.05, 3.63) is 29.6 Å². The molecule has 0 N–H and O–H groups in total. The molecule has 0 saturated heterocycles. The molecule has 1 aliphatic rings. The third-order valence-corrected chi connectivity index (χ3v) is 2.78. The number of nitriles is 1. The van der Waals surface area contributed by atoms with Gasteiger partial charge in [-0.1, -0.05) is 6.07 Å². The van der Waals surface area contributed by atoms with E-state index in [4.69, 9.17) is 10.00 Å². The molecule has 0 amide bonds. The van der Waals surface area contributed by atoms with E-state index in [1.54, 1.807) is 12.1 Å². The number of rotatable bonds is 3. The summed E-state index contributed by atoms with van der Waals surface area (Å²) in [6.07, 6.45) is 2.06. The Hall–Kier alpha value is -1.56. The van der Waals surface area contributed by atoms with Crippen LogP contribution in [0.3, 0.4) is 0 Å². The van der Waals surface area contributed by atoms with E-state index in [9.17, 15) is 4.39 Å². The zero-order valence-electron chi connectivity index (χ0n) is 8.53. The summed E-state index contributed by atoms with van der Waals surface area (Å²) in [5.41, 5.74) is 0.501. The van der Waals surface area contributed by atoms with Gasteiger partial charge < -0.3 is 4.74 Å². The van der Waals surface area contributed by atoms with Gasteiger partial charge in [-0.25, -0.2) is 4.39 Å². The summed E-state index contributed by atoms with van der Waals surface area (Å²) in [7, 11) is 1.50. The minimum Gasteiger partial charge on any atom is -0.497 e. The molecular formula is C12H12FNO. The van der Waals surface area contributed by atoms with Gasteiger partial charge in [-0.3, -0.25) is 0 Å². The molecule has 2 nitrogen and oxygen atoms in total. The monoisotopic (exact) mass is 205 g/mol. The second-order valence-corrected chi connectivity index (χ2v) is 3.83. The van der Waals surface area contributed by atoms with E-state index >= 15 is 0 Å². The highest BCUT2D eigenvalue weighted by atomic mass is 19.1. The van der Waals surface area contributed by atoms with Crippen molar-refractivity contribution in [3.8, 4) is 11.8 Å². The number of hydrogen-bond donors (Lipinski definition) is 0. The summed E-state index contributed by atoms with van der Waals surface area (Å²) in [6.45, 7) is 0. The zero-order valence-corrected chi connectivity index (χ0v) is 8.53. The predicted octanol–water partition coefficient (Wildman–Crippen LogP) is 2.85. The normalized spacial score (nSPS) is 16.9. The van der Waals surface area contributed by atoms with Crippen LogP contribution in [0.2, 0.25) is 0 Å². The molecule has 1 unspecified atom stereocenters. The van der Waals surface area contributed by atoms with Gasteiger partial charge in [-0.2, -0.15) is 5.26 Å². The minimum atomic E-state index is -0.340. The first kappa shape index (κ1) is 9.97. The second kappa shape index (κ2) is 3.90. The lowest BCUT2D eigenvalue weighted by molar-refractivity contribution is 0.410. The first-order chi connectivity index (χ1) is 7.26. The number of methoxy groups -OCH3 is 1. The average molecular weight is 205 g/mol. The van der Waals surface area contributed by atoms with Crippen LogP contribution in [0, 0.1) is 23.1 Å². The standard InChI is InChI=1S/C12H12FNO/c1-15-9-4-5-10(12(13)6-9)11(7-14)8-2-3-8/h4-6,8,11H,2-3H2,1H3. The van der Waals surface area contributed by atoms with Gasteiger partial charge in [-0.05, 0) is 24.8 Å². The molecule has 2 rings (SSSR count). The van der Waals surface area contributed by atoms with Crippen molar-refractivity contribution in [2.24, 2.45) is 5.92 Å². The predicted molar refractivity (Wildman–Crippen MR) is 54.0 cm³/mol. The van der Waals surface area contributed by atoms with Gasteiger partial charge in [0.1, 0.15) is 11.6 Å². The van der Waals surface area contributed by atoms with Crippen molar-refractivity contribution in [1.82, 2.24) is 0 Å². The number of nitrogens with zero attached hydrogens (tertiary/aromatic N) is 1. The molecule has 1 aliphatic carbocycles. The third-order valence-electron chi connectivity index (χ3n) is 2.78. The van der Waals surface area contributed by atoms with Crippen LogP contribution < -0.4 is 4.74 Å². The Morgan fingerprint density at radius 2 is 2.27 bits per heavy atom. The molecule has 1 aromatic carbocycles. The number of halogens is 1. The summed E-state index contributed by atoms with van der Waals surface area (Å²) in [6, 6.07) is 6.87. The fourth-order valence-electron chi connectivity index (χ4n) is 1.75. The maximum absolute atomic E-state index is 13.6. The number of ether oxygens (including phenoxy) is 1. The lowest BCUT2D eigenvalue weighted by Gasteiger charge is -2.10. The molecule has 0 bridgehead atoms. The van der Waals surface area contributed by atoms with Crippen molar-refractivity contribution in [2.45, 2.75) is 18.8 Å². The van der Waals surface area contributed by atoms with Crippen LogP contribution in [-0.4, -0.2) is 7.11 Å². The smallest absolute Gasteiger partial charge is 0.131 e. The molecule has 1 fully saturated rings. The van der Waals surface area contributed by atoms with Crippen molar-refractivity contribution in [1.29, 1.82) is 5.26 Å². The Bertz CT molecular complexity index is 407. The van der Waals surface area contributed by atoms with E-state index in [1.165, 1.54) is 13.2 Å². The Balaban J connectivity index is 2.31. The highest BCUT2D eigenvalue weighted by Gasteiger charge is 2.33. The van der Waals surface area contributed by atoms with Crippen LogP contribution >= 0.6 is 0 Å². The molecule has 1 saturated carbocycles. The number of hydrogen-bond acceptors (Lipinski definition) is 2. The largest absolute Gasteiger partial charge is 0.497 e. The van der Waals surface area contributed by atoms with E-state index in [2.05, 4.69) is 6.07 Å². The van der Waals surface area contributed by atoms with E-state index in [-0.39, 0.29) is 11.7 Å². The Labute approximate surface area is 88.3 Å². The fraction of sp³-hybridized carbons (Fsp3) is 0.417. The van der Waals surface area contributed by atoms with Gasteiger partial charge in [0.2, 0.25) is 0 Å². The van der Waals surface area contributed by atoms with Gasteiger partial charge in [0.15, 0.2) is 0 Å². The molecule has 0 aliphatic heterocycles. The highest BCUT2D eigenvalue weighted by molar-refractivity contribution is 5.34. The van der Waals surface area contributed by atoms with Crippen LogP contribution in [-0.2, 0) is 0 Å². The SMILES string of the molecule is COc1ccc(C(C#N)C2CC2)c(F)c1. The molecule has 1 aromatic rings. The number of benzene rings is 1. The van der Waals surface area contributed by atoms with Crippen LogP contribution in [0.15, 0.2) is 18.2 Å². The quantitative estimate of drug-likeness (QED) is 0.760. The third kappa shape index (κ3) is 1.94. The molecular weight excluding hydrogens is 193 g/mol. The van der Waals surface area contributed by atoms with E-state index < -0.39 is 0 Å². The molecule has 0 spiro atoms. The molecule has 15 heavy (non-hydrogen) atoms. The summed E-state index contributed by atoms with van der Waals surface area (Å²) in [4.78, 5) is 0. The van der Waals surface area contributed by atoms with Gasteiger partial charge >= 0.3 is 0 Å². The summed E-state index contributed by atoms with van der Waals surface area (Å²) < 4.78 is 18.5. The lowest BCUT2D eigenvalue weighted by atomic mass is 9.95. The Morgan fingerprint density at radius 3 is 2.73 bits per heavy atom. The Morgan fingerprint density at radius 1 is 1.53 bits per heavy atom. The Kier molecular flexibility index (Phi) is 2.59. The molecule has 0 radical (unpaired) electrons. The van der Waals surface area contributed by atoms with E-state index in [0.717, 1.165) is 12.8 Å². The van der Waals surface area contributed by atoms with E-state index in [1.807, 2.05) is 0 Å². The van der Waals surface area contributed by atoms with Crippen molar-refractivity contribution in [2.75, 3.05) is 7.11 Å². The van der Waals surface area contributed by atoms with Crippen LogP contribution in [0.4, 0.5) is 4.39 Å². The maximum Gasteiger partial charge on any atom is 0.131 e. The highest BCUT2D eigenvalue weighted by Crippen LogP contribution is 2.43. The summed E-state index contributed by atoms with van der Waals surface area (Å²) in [5, 5.41) is 8.99. The summed E-state index contributed by atoms with van der Waals surface area (Å²) in [5.74, 6) is 0.199. The van der Waals surface area contributed by atoms with Crippen molar-refractivity contribution < 1.29 is 9.13 Å². The first-order valence-electron chi connectivity index (χ1n) is 4.99. The van der Waals surface area contributed by atoms with Gasteiger partial charge in [-0.15, -0.1) is 0 Å². The van der Waals surface area contributed by atoms with Crippen molar-refractivity contribution in [3.63, 3.8) is 0 Å². The lowest BCUT2D eigenvalue weighted by Crippen LogP contribution is -2.01. The molecule has 1 atom stereocenters. The molecule has 3 heteroatoms. The van der Waals surface area contributed by atoms with Gasteiger partial charge in [0, 0.05) is 11.6 Å². The average Bonchev–Trinajstić information content (AvgIpc) is 3.05. The first-order valence-corrected chi connectivity index (χ1v) is 4.99. The van der Waals surface area contributed by atoms with Gasteiger partial charge in [0.05, 0.1) is 19.1 Å². The van der Waals surface area contributed by atoms with Crippen molar-refractivity contribution >= 4 is 0 Å². The minimum absolute atomic E-state index is 0.295. The molecule has 0 heterocycles. The zero-order chi connectivity index (χ0) is 10.8. The van der Waals surface area contributed by atoms with Crippen LogP contribution in [0.1, 0.15) is 24.3 Å². The fourth-order valence-corrected chi connectivity index (χ4v) is 1.75.